The summed E-state index contributed by atoms with van der Waals surface area (Å²) in [6.45, 7) is 7.05. The molecule has 0 spiro atoms. The number of thioether (sulfide) groups is 1. The van der Waals surface area contributed by atoms with Crippen LogP contribution in [0, 0.1) is 6.92 Å². The van der Waals surface area contributed by atoms with Gasteiger partial charge in [-0.15, -0.1) is 0 Å². The van der Waals surface area contributed by atoms with Crippen LogP contribution in [0.15, 0.2) is 47.4 Å². The Kier molecular flexibility index (Phi) is 6.41. The number of imide groups is 1. The van der Waals surface area contributed by atoms with Crippen molar-refractivity contribution in [2.75, 3.05) is 13.2 Å². The highest BCUT2D eigenvalue weighted by molar-refractivity contribution is 8.18. The van der Waals surface area contributed by atoms with Crippen molar-refractivity contribution in [2.24, 2.45) is 0 Å². The van der Waals surface area contributed by atoms with Gasteiger partial charge in [-0.3, -0.25) is 14.5 Å². The Morgan fingerprint density at radius 3 is 2.39 bits per heavy atom. The van der Waals surface area contributed by atoms with E-state index < -0.39 is 0 Å². The first kappa shape index (κ1) is 20.0. The van der Waals surface area contributed by atoms with Crippen molar-refractivity contribution in [3.8, 4) is 11.5 Å². The lowest BCUT2D eigenvalue weighted by molar-refractivity contribution is -0.122. The number of carbonyl (C=O) groups excluding carboxylic acids is 2. The van der Waals surface area contributed by atoms with Crippen molar-refractivity contribution < 1.29 is 19.1 Å². The molecule has 0 N–H and O–H groups in total. The number of ether oxygens (including phenoxy) is 2. The van der Waals surface area contributed by atoms with E-state index in [1.54, 1.807) is 13.0 Å². The lowest BCUT2D eigenvalue weighted by Crippen LogP contribution is -2.27. The van der Waals surface area contributed by atoms with Gasteiger partial charge in [0.1, 0.15) is 6.61 Å². The van der Waals surface area contributed by atoms with E-state index in [2.05, 4.69) is 12.1 Å². The SMILES string of the molecule is CCOc1cc(/C=C2\SC(=O)N(CC)C2=O)ccc1OCc1ccc(C)cc1. The van der Waals surface area contributed by atoms with Gasteiger partial charge in [0.2, 0.25) is 0 Å². The van der Waals surface area contributed by atoms with E-state index in [-0.39, 0.29) is 11.1 Å². The second kappa shape index (κ2) is 8.97. The molecule has 2 aromatic carbocycles. The van der Waals surface area contributed by atoms with Crippen LogP contribution in [0.1, 0.15) is 30.5 Å². The van der Waals surface area contributed by atoms with E-state index in [9.17, 15) is 9.59 Å². The maximum atomic E-state index is 12.3. The first-order chi connectivity index (χ1) is 13.5. The summed E-state index contributed by atoms with van der Waals surface area (Å²) in [7, 11) is 0. The molecule has 1 aliphatic heterocycles. The number of likely N-dealkylation sites (N-methyl/N-ethyl adjacent to an activating group) is 1. The summed E-state index contributed by atoms with van der Waals surface area (Å²) >= 11 is 0.960. The Labute approximate surface area is 169 Å². The van der Waals surface area contributed by atoms with Crippen LogP contribution in [0.2, 0.25) is 0 Å². The first-order valence-corrected chi connectivity index (χ1v) is 10.0. The number of nitrogens with zero attached hydrogens (tertiary/aromatic N) is 1. The molecule has 6 heteroatoms. The van der Waals surface area contributed by atoms with Gasteiger partial charge in [0.25, 0.3) is 11.1 Å². The van der Waals surface area contributed by atoms with Crippen LogP contribution in [-0.4, -0.2) is 29.2 Å². The summed E-state index contributed by atoms with van der Waals surface area (Å²) in [6.07, 6.45) is 1.72. The van der Waals surface area contributed by atoms with E-state index in [0.29, 0.717) is 36.2 Å². The average Bonchev–Trinajstić information content (AvgIpc) is 2.95. The molecule has 1 aliphatic rings. The van der Waals surface area contributed by atoms with Gasteiger partial charge in [0, 0.05) is 6.54 Å². The number of hydrogen-bond donors (Lipinski definition) is 0. The summed E-state index contributed by atoms with van der Waals surface area (Å²) in [6, 6.07) is 13.7. The fourth-order valence-corrected chi connectivity index (χ4v) is 3.67. The number of aryl methyl sites for hydroxylation is 1. The Balaban J connectivity index is 1.79. The fraction of sp³-hybridized carbons (Fsp3) is 0.273. The third kappa shape index (κ3) is 4.57. The number of hydrogen-bond acceptors (Lipinski definition) is 5. The first-order valence-electron chi connectivity index (χ1n) is 9.22. The van der Waals surface area contributed by atoms with E-state index in [1.807, 2.05) is 44.2 Å². The Morgan fingerprint density at radius 1 is 1.00 bits per heavy atom. The number of rotatable bonds is 7. The molecule has 0 aliphatic carbocycles. The van der Waals surface area contributed by atoms with Gasteiger partial charge in [-0.1, -0.05) is 35.9 Å². The fourth-order valence-electron chi connectivity index (χ4n) is 2.77. The molecular weight excluding hydrogens is 374 g/mol. The largest absolute Gasteiger partial charge is 0.490 e. The third-order valence-corrected chi connectivity index (χ3v) is 5.18. The zero-order chi connectivity index (χ0) is 20.1. The van der Waals surface area contributed by atoms with Crippen molar-refractivity contribution >= 4 is 29.0 Å². The Bertz CT molecular complexity index is 905. The Hall–Kier alpha value is -2.73. The van der Waals surface area contributed by atoms with Crippen LogP contribution in [0.3, 0.4) is 0 Å². The summed E-state index contributed by atoms with van der Waals surface area (Å²) in [5, 5.41) is -0.234. The zero-order valence-corrected chi connectivity index (χ0v) is 17.0. The maximum Gasteiger partial charge on any atom is 0.293 e. The second-order valence-corrected chi connectivity index (χ2v) is 7.33. The predicted octanol–water partition coefficient (Wildman–Crippen LogP) is 5.03. The molecule has 3 rings (SSSR count). The summed E-state index contributed by atoms with van der Waals surface area (Å²) in [5.41, 5.74) is 3.06. The van der Waals surface area contributed by atoms with Gasteiger partial charge in [-0.25, -0.2) is 0 Å². The van der Waals surface area contributed by atoms with E-state index in [4.69, 9.17) is 9.47 Å². The van der Waals surface area contributed by atoms with Crippen molar-refractivity contribution in [3.63, 3.8) is 0 Å². The molecule has 5 nitrogen and oxygen atoms in total. The minimum Gasteiger partial charge on any atom is -0.490 e. The van der Waals surface area contributed by atoms with Crippen molar-refractivity contribution in [3.05, 3.63) is 64.1 Å². The molecule has 2 aromatic rings. The molecule has 0 aromatic heterocycles. The third-order valence-electron chi connectivity index (χ3n) is 4.27. The van der Waals surface area contributed by atoms with E-state index in [0.717, 1.165) is 22.9 Å². The summed E-state index contributed by atoms with van der Waals surface area (Å²) in [5.74, 6) is 0.995. The second-order valence-electron chi connectivity index (χ2n) is 6.34. The van der Waals surface area contributed by atoms with Gasteiger partial charge < -0.3 is 9.47 Å². The molecule has 146 valence electrons. The van der Waals surface area contributed by atoms with Gasteiger partial charge in [-0.05, 0) is 61.9 Å². The van der Waals surface area contributed by atoms with Gasteiger partial charge in [0.05, 0.1) is 11.5 Å². The highest BCUT2D eigenvalue weighted by atomic mass is 32.2. The smallest absolute Gasteiger partial charge is 0.293 e. The standard InChI is InChI=1S/C22H23NO4S/c1-4-23-21(24)20(28-22(23)25)13-17-10-11-18(19(12-17)26-5-2)27-14-16-8-6-15(3)7-9-16/h6-13H,4-5,14H2,1-3H3/b20-13-. The minimum absolute atomic E-state index is 0.234. The van der Waals surface area contributed by atoms with Crippen LogP contribution in [0.4, 0.5) is 4.79 Å². The highest BCUT2D eigenvalue weighted by Crippen LogP contribution is 2.34. The molecule has 0 bridgehead atoms. The molecule has 0 saturated carbocycles. The predicted molar refractivity (Wildman–Crippen MR) is 111 cm³/mol. The van der Waals surface area contributed by atoms with Crippen LogP contribution in [-0.2, 0) is 11.4 Å². The van der Waals surface area contributed by atoms with E-state index in [1.165, 1.54) is 10.5 Å². The highest BCUT2D eigenvalue weighted by Gasteiger charge is 2.33. The van der Waals surface area contributed by atoms with Crippen LogP contribution >= 0.6 is 11.8 Å². The molecule has 1 saturated heterocycles. The van der Waals surface area contributed by atoms with Gasteiger partial charge in [-0.2, -0.15) is 0 Å². The minimum atomic E-state index is -0.254. The monoisotopic (exact) mass is 397 g/mol. The van der Waals surface area contributed by atoms with Crippen molar-refractivity contribution in [2.45, 2.75) is 27.4 Å². The van der Waals surface area contributed by atoms with Crippen LogP contribution < -0.4 is 9.47 Å². The Morgan fingerprint density at radius 2 is 1.75 bits per heavy atom. The lowest BCUT2D eigenvalue weighted by Gasteiger charge is -2.13. The average molecular weight is 397 g/mol. The van der Waals surface area contributed by atoms with Gasteiger partial charge in [0.15, 0.2) is 11.5 Å². The topological polar surface area (TPSA) is 55.8 Å². The van der Waals surface area contributed by atoms with E-state index >= 15 is 0 Å². The molecule has 0 radical (unpaired) electrons. The van der Waals surface area contributed by atoms with Crippen molar-refractivity contribution in [1.29, 1.82) is 0 Å². The normalized spacial score (nSPS) is 15.4. The molecule has 0 atom stereocenters. The number of carbonyl (C=O) groups is 2. The zero-order valence-electron chi connectivity index (χ0n) is 16.2. The maximum absolute atomic E-state index is 12.3. The lowest BCUT2D eigenvalue weighted by atomic mass is 10.1. The van der Waals surface area contributed by atoms with Gasteiger partial charge >= 0.3 is 0 Å². The van der Waals surface area contributed by atoms with Crippen LogP contribution in [0.5, 0.6) is 11.5 Å². The van der Waals surface area contributed by atoms with Crippen LogP contribution in [0.25, 0.3) is 6.08 Å². The van der Waals surface area contributed by atoms with Crippen molar-refractivity contribution in [1.82, 2.24) is 4.90 Å². The molecular formula is C22H23NO4S. The molecule has 28 heavy (non-hydrogen) atoms. The molecule has 1 heterocycles. The summed E-state index contributed by atoms with van der Waals surface area (Å²) < 4.78 is 11.6. The molecule has 1 fully saturated rings. The quantitative estimate of drug-likeness (QED) is 0.614. The molecule has 0 unspecified atom stereocenters. The summed E-state index contributed by atoms with van der Waals surface area (Å²) in [4.78, 5) is 25.8. The molecule has 2 amide bonds. The number of amides is 2. The number of benzene rings is 2.